The van der Waals surface area contributed by atoms with Crippen LogP contribution in [0.15, 0.2) is 54.6 Å². The first-order chi connectivity index (χ1) is 12.2. The molecule has 1 aliphatic heterocycles. The lowest BCUT2D eigenvalue weighted by Crippen LogP contribution is -3.13. The molecule has 0 amide bonds. The van der Waals surface area contributed by atoms with Crippen LogP contribution in [0.2, 0.25) is 0 Å². The maximum absolute atomic E-state index is 13.8. The van der Waals surface area contributed by atoms with Crippen molar-refractivity contribution in [2.75, 3.05) is 32.7 Å². The number of rotatable bonds is 5. The molecule has 1 heterocycles. The molecule has 0 aromatic heterocycles. The summed E-state index contributed by atoms with van der Waals surface area (Å²) in [6.07, 6.45) is 0.972. The van der Waals surface area contributed by atoms with Gasteiger partial charge in [0.15, 0.2) is 5.11 Å². The minimum Gasteiger partial charge on any atom is -0.362 e. The largest absolute Gasteiger partial charge is 0.362 e. The monoisotopic (exact) mass is 358 g/mol. The molecule has 3 nitrogen and oxygen atoms in total. The molecule has 132 valence electrons. The average Bonchev–Trinajstić information content (AvgIpc) is 2.65. The predicted octanol–water partition coefficient (Wildman–Crippen LogP) is 1.64. The van der Waals surface area contributed by atoms with Gasteiger partial charge in [-0.25, -0.2) is 4.39 Å². The second-order valence-electron chi connectivity index (χ2n) is 6.47. The summed E-state index contributed by atoms with van der Waals surface area (Å²) in [5.41, 5.74) is 2.12. The van der Waals surface area contributed by atoms with Crippen LogP contribution < -0.4 is 10.2 Å². The number of hydrogen-bond acceptors (Lipinski definition) is 1. The Balaban J connectivity index is 1.39. The number of quaternary nitrogens is 1. The van der Waals surface area contributed by atoms with Crippen LogP contribution in [0.3, 0.4) is 0 Å². The van der Waals surface area contributed by atoms with Gasteiger partial charge in [0, 0.05) is 12.1 Å². The van der Waals surface area contributed by atoms with Crippen LogP contribution in [0.4, 0.5) is 4.39 Å². The van der Waals surface area contributed by atoms with Crippen LogP contribution >= 0.6 is 12.2 Å². The summed E-state index contributed by atoms with van der Waals surface area (Å²) in [4.78, 5) is 3.64. The number of piperazine rings is 1. The highest BCUT2D eigenvalue weighted by Crippen LogP contribution is 2.04. The van der Waals surface area contributed by atoms with Crippen LogP contribution in [-0.2, 0) is 13.0 Å². The Morgan fingerprint density at radius 3 is 2.44 bits per heavy atom. The molecule has 2 N–H and O–H groups in total. The molecular weight excluding hydrogens is 333 g/mol. The molecule has 0 saturated carbocycles. The Morgan fingerprint density at radius 2 is 1.72 bits per heavy atom. The van der Waals surface area contributed by atoms with Gasteiger partial charge in [-0.1, -0.05) is 48.5 Å². The van der Waals surface area contributed by atoms with Crippen molar-refractivity contribution < 1.29 is 9.29 Å². The minimum absolute atomic E-state index is 0.101. The van der Waals surface area contributed by atoms with Crippen molar-refractivity contribution in [3.05, 3.63) is 71.5 Å². The fraction of sp³-hybridized carbons (Fsp3) is 0.350. The standard InChI is InChI=1S/C20H24FN3S/c21-19-9-5-4-8-18(19)16-23-12-14-24(15-13-23)20(25)22-11-10-17-6-2-1-3-7-17/h1-9H,10-16H2,(H,22,25)/p+1. The van der Waals surface area contributed by atoms with E-state index in [9.17, 15) is 4.39 Å². The van der Waals surface area contributed by atoms with E-state index in [1.54, 1.807) is 6.07 Å². The molecule has 2 aromatic rings. The maximum Gasteiger partial charge on any atom is 0.169 e. The van der Waals surface area contributed by atoms with Crippen molar-refractivity contribution in [1.82, 2.24) is 10.2 Å². The van der Waals surface area contributed by atoms with Crippen molar-refractivity contribution in [3.63, 3.8) is 0 Å². The Morgan fingerprint density at radius 1 is 1.04 bits per heavy atom. The van der Waals surface area contributed by atoms with E-state index < -0.39 is 0 Å². The normalized spacial score (nSPS) is 15.2. The molecular formula is C20H25FN3S+. The van der Waals surface area contributed by atoms with Gasteiger partial charge in [0.05, 0.1) is 26.2 Å². The van der Waals surface area contributed by atoms with E-state index in [-0.39, 0.29) is 5.82 Å². The molecule has 0 bridgehead atoms. The summed E-state index contributed by atoms with van der Waals surface area (Å²) < 4.78 is 13.8. The molecule has 1 aliphatic rings. The molecule has 1 fully saturated rings. The van der Waals surface area contributed by atoms with E-state index in [4.69, 9.17) is 12.2 Å². The van der Waals surface area contributed by atoms with Gasteiger partial charge in [-0.3, -0.25) is 0 Å². The molecule has 0 unspecified atom stereocenters. The second-order valence-corrected chi connectivity index (χ2v) is 6.86. The van der Waals surface area contributed by atoms with Crippen molar-refractivity contribution >= 4 is 17.3 Å². The number of hydrogen-bond donors (Lipinski definition) is 2. The van der Waals surface area contributed by atoms with Crippen LogP contribution in [0.25, 0.3) is 0 Å². The number of nitrogens with zero attached hydrogens (tertiary/aromatic N) is 1. The quantitative estimate of drug-likeness (QED) is 0.793. The van der Waals surface area contributed by atoms with Crippen LogP contribution in [0.5, 0.6) is 0 Å². The summed E-state index contributed by atoms with van der Waals surface area (Å²) in [5.74, 6) is -0.101. The fourth-order valence-corrected chi connectivity index (χ4v) is 3.47. The first kappa shape index (κ1) is 17.8. The summed E-state index contributed by atoms with van der Waals surface area (Å²) in [7, 11) is 0. The van der Waals surface area contributed by atoms with Crippen LogP contribution in [0, 0.1) is 5.82 Å². The zero-order valence-corrected chi connectivity index (χ0v) is 15.2. The molecule has 3 rings (SSSR count). The van der Waals surface area contributed by atoms with Gasteiger partial charge in [0.25, 0.3) is 0 Å². The van der Waals surface area contributed by atoms with E-state index >= 15 is 0 Å². The SMILES string of the molecule is Fc1ccccc1C[NH+]1CCN(C(=S)NCCc2ccccc2)CC1. The van der Waals surface area contributed by atoms with Gasteiger partial charge in [-0.2, -0.15) is 0 Å². The van der Waals surface area contributed by atoms with Crippen molar-refractivity contribution in [1.29, 1.82) is 0 Å². The number of nitrogens with one attached hydrogen (secondary N) is 2. The number of benzene rings is 2. The molecule has 0 radical (unpaired) electrons. The van der Waals surface area contributed by atoms with E-state index in [0.29, 0.717) is 0 Å². The third-order valence-corrected chi connectivity index (χ3v) is 5.09. The van der Waals surface area contributed by atoms with Gasteiger partial charge < -0.3 is 15.1 Å². The lowest BCUT2D eigenvalue weighted by Gasteiger charge is -2.34. The van der Waals surface area contributed by atoms with Crippen LogP contribution in [-0.4, -0.2) is 42.7 Å². The van der Waals surface area contributed by atoms with Crippen LogP contribution in [0.1, 0.15) is 11.1 Å². The lowest BCUT2D eigenvalue weighted by atomic mass is 10.1. The number of thiocarbonyl (C=S) groups is 1. The Labute approximate surface area is 154 Å². The summed E-state index contributed by atoms with van der Waals surface area (Å²) in [6, 6.07) is 17.5. The lowest BCUT2D eigenvalue weighted by molar-refractivity contribution is -0.917. The zero-order valence-electron chi connectivity index (χ0n) is 14.4. The van der Waals surface area contributed by atoms with Gasteiger partial charge >= 0.3 is 0 Å². The molecule has 2 aromatic carbocycles. The molecule has 0 spiro atoms. The highest BCUT2D eigenvalue weighted by molar-refractivity contribution is 7.80. The van der Waals surface area contributed by atoms with Gasteiger partial charge in [-0.05, 0) is 30.3 Å². The van der Waals surface area contributed by atoms with Crippen molar-refractivity contribution in [2.24, 2.45) is 0 Å². The second kappa shape index (κ2) is 8.92. The Kier molecular flexibility index (Phi) is 6.36. The zero-order chi connectivity index (χ0) is 17.5. The molecule has 0 aliphatic carbocycles. The van der Waals surface area contributed by atoms with E-state index in [1.165, 1.54) is 16.5 Å². The smallest absolute Gasteiger partial charge is 0.169 e. The van der Waals surface area contributed by atoms with E-state index in [2.05, 4.69) is 34.5 Å². The predicted molar refractivity (Wildman–Crippen MR) is 103 cm³/mol. The molecule has 1 saturated heterocycles. The van der Waals surface area contributed by atoms with Gasteiger partial charge in [0.2, 0.25) is 0 Å². The fourth-order valence-electron chi connectivity index (χ4n) is 3.18. The highest BCUT2D eigenvalue weighted by Gasteiger charge is 2.22. The van der Waals surface area contributed by atoms with Gasteiger partial charge in [-0.15, -0.1) is 0 Å². The summed E-state index contributed by atoms with van der Waals surface area (Å²) in [6.45, 7) is 5.39. The third-order valence-electron chi connectivity index (χ3n) is 4.69. The number of halogens is 1. The first-order valence-corrected chi connectivity index (χ1v) is 9.27. The van der Waals surface area contributed by atoms with Crippen molar-refractivity contribution in [2.45, 2.75) is 13.0 Å². The average molecular weight is 359 g/mol. The first-order valence-electron chi connectivity index (χ1n) is 8.86. The third kappa shape index (κ3) is 5.25. The molecule has 25 heavy (non-hydrogen) atoms. The maximum atomic E-state index is 13.8. The van der Waals surface area contributed by atoms with Crippen molar-refractivity contribution in [3.8, 4) is 0 Å². The summed E-state index contributed by atoms with van der Waals surface area (Å²) >= 11 is 5.52. The Bertz CT molecular complexity index is 684. The molecule has 5 heteroatoms. The molecule has 0 atom stereocenters. The highest BCUT2D eigenvalue weighted by atomic mass is 32.1. The minimum atomic E-state index is -0.101. The van der Waals surface area contributed by atoms with E-state index in [1.807, 2.05) is 18.2 Å². The summed E-state index contributed by atoms with van der Waals surface area (Å²) in [5, 5.41) is 4.20. The van der Waals surface area contributed by atoms with E-state index in [0.717, 1.165) is 56.4 Å². The topological polar surface area (TPSA) is 19.7 Å². The Hall–Kier alpha value is -1.98. The van der Waals surface area contributed by atoms with Gasteiger partial charge in [0.1, 0.15) is 12.4 Å².